The van der Waals surface area contributed by atoms with E-state index in [1.54, 1.807) is 24.3 Å². The monoisotopic (exact) mass is 447 g/mol. The Labute approximate surface area is 193 Å². The number of rotatable bonds is 6. The number of carbonyl (C=O) groups is 2. The van der Waals surface area contributed by atoms with E-state index in [-0.39, 0.29) is 11.8 Å². The largest absolute Gasteiger partial charge is 0.338 e. The second kappa shape index (κ2) is 10.4. The van der Waals surface area contributed by atoms with Gasteiger partial charge >= 0.3 is 0 Å². The molecule has 3 aromatic rings. The van der Waals surface area contributed by atoms with Gasteiger partial charge in [-0.05, 0) is 35.4 Å². The number of hydrogen-bond acceptors (Lipinski definition) is 3. The van der Waals surface area contributed by atoms with Gasteiger partial charge < -0.3 is 10.2 Å². The van der Waals surface area contributed by atoms with Crippen molar-refractivity contribution in [2.45, 2.75) is 12.6 Å². The number of nitrogens with zero attached hydrogens (tertiary/aromatic N) is 2. The van der Waals surface area contributed by atoms with Gasteiger partial charge in [-0.1, -0.05) is 72.3 Å². The highest BCUT2D eigenvalue weighted by Crippen LogP contribution is 2.19. The van der Waals surface area contributed by atoms with Crippen LogP contribution in [0, 0.1) is 0 Å². The summed E-state index contributed by atoms with van der Waals surface area (Å²) in [6.45, 7) is 3.73. The number of nitrogens with one attached hydrogen (secondary N) is 1. The van der Waals surface area contributed by atoms with Gasteiger partial charge in [-0.3, -0.25) is 14.5 Å². The highest BCUT2D eigenvalue weighted by atomic mass is 35.5. The first-order valence-electron chi connectivity index (χ1n) is 10.8. The Kier molecular flexibility index (Phi) is 7.20. The van der Waals surface area contributed by atoms with E-state index >= 15 is 0 Å². The summed E-state index contributed by atoms with van der Waals surface area (Å²) in [4.78, 5) is 30.5. The quantitative estimate of drug-likeness (QED) is 0.617. The van der Waals surface area contributed by atoms with Crippen LogP contribution in [0.25, 0.3) is 0 Å². The molecule has 1 heterocycles. The van der Waals surface area contributed by atoms with Gasteiger partial charge in [0.15, 0.2) is 0 Å². The summed E-state index contributed by atoms with van der Waals surface area (Å²) in [5.41, 5.74) is 2.51. The number of hydrogen-bond donors (Lipinski definition) is 1. The molecule has 0 unspecified atom stereocenters. The zero-order chi connectivity index (χ0) is 22.3. The number of carbonyl (C=O) groups excluding carboxylic acids is 2. The first-order chi connectivity index (χ1) is 15.6. The molecule has 164 valence electrons. The van der Waals surface area contributed by atoms with E-state index in [2.05, 4.69) is 22.3 Å². The van der Waals surface area contributed by atoms with E-state index < -0.39 is 6.04 Å². The standard InChI is InChI=1S/C26H26ClN3O2/c27-23-13-11-22(12-14-23)25(31)28-24(21-9-5-2-6-10-21)26(32)30-17-15-29(16-18-30)19-20-7-3-1-4-8-20/h1-14,24H,15-19H2,(H,28,31)/t24-/m1/s1. The summed E-state index contributed by atoms with van der Waals surface area (Å²) in [7, 11) is 0. The molecule has 1 saturated heterocycles. The Hall–Kier alpha value is -3.15. The lowest BCUT2D eigenvalue weighted by Crippen LogP contribution is -2.51. The fraction of sp³-hybridized carbons (Fsp3) is 0.231. The van der Waals surface area contributed by atoms with Crippen LogP contribution in [0.1, 0.15) is 27.5 Å². The van der Waals surface area contributed by atoms with Gasteiger partial charge in [-0.25, -0.2) is 0 Å². The van der Waals surface area contributed by atoms with Crippen LogP contribution in [0.5, 0.6) is 0 Å². The summed E-state index contributed by atoms with van der Waals surface area (Å²) < 4.78 is 0. The smallest absolute Gasteiger partial charge is 0.252 e. The van der Waals surface area contributed by atoms with Gasteiger partial charge in [0, 0.05) is 43.3 Å². The maximum absolute atomic E-state index is 13.5. The van der Waals surface area contributed by atoms with Crippen molar-refractivity contribution < 1.29 is 9.59 Å². The predicted molar refractivity (Wildman–Crippen MR) is 126 cm³/mol. The SMILES string of the molecule is O=C(N[C@@H](C(=O)N1CCN(Cc2ccccc2)CC1)c1ccccc1)c1ccc(Cl)cc1. The second-order valence-electron chi connectivity index (χ2n) is 7.91. The lowest BCUT2D eigenvalue weighted by atomic mass is 10.0. The zero-order valence-corrected chi connectivity index (χ0v) is 18.5. The average Bonchev–Trinajstić information content (AvgIpc) is 2.84. The van der Waals surface area contributed by atoms with E-state index in [1.165, 1.54) is 5.56 Å². The van der Waals surface area contributed by atoms with Crippen molar-refractivity contribution in [1.29, 1.82) is 0 Å². The fourth-order valence-corrected chi connectivity index (χ4v) is 4.03. The highest BCUT2D eigenvalue weighted by Gasteiger charge is 2.30. The van der Waals surface area contributed by atoms with E-state index in [1.807, 2.05) is 53.4 Å². The molecule has 5 nitrogen and oxygen atoms in total. The Morgan fingerprint density at radius 1 is 0.812 bits per heavy atom. The van der Waals surface area contributed by atoms with Crippen LogP contribution in [0.2, 0.25) is 5.02 Å². The first-order valence-corrected chi connectivity index (χ1v) is 11.1. The topological polar surface area (TPSA) is 52.7 Å². The van der Waals surface area contributed by atoms with Crippen molar-refractivity contribution in [1.82, 2.24) is 15.1 Å². The molecule has 1 N–H and O–H groups in total. The van der Waals surface area contributed by atoms with E-state index in [0.29, 0.717) is 23.7 Å². The minimum Gasteiger partial charge on any atom is -0.338 e. The van der Waals surface area contributed by atoms with Crippen molar-refractivity contribution in [2.24, 2.45) is 0 Å². The third-order valence-corrected chi connectivity index (χ3v) is 5.95. The van der Waals surface area contributed by atoms with Crippen LogP contribution in [0.3, 0.4) is 0 Å². The molecule has 3 aromatic carbocycles. The number of amides is 2. The molecule has 4 rings (SSSR count). The summed E-state index contributed by atoms with van der Waals surface area (Å²) in [6.07, 6.45) is 0. The minimum atomic E-state index is -0.736. The molecule has 0 aromatic heterocycles. The molecular formula is C26H26ClN3O2. The third-order valence-electron chi connectivity index (χ3n) is 5.69. The Bertz CT molecular complexity index is 1030. The van der Waals surface area contributed by atoms with Gasteiger partial charge in [0.25, 0.3) is 5.91 Å². The minimum absolute atomic E-state index is 0.0853. The number of halogens is 1. The summed E-state index contributed by atoms with van der Waals surface area (Å²) in [5, 5.41) is 3.49. The molecule has 0 radical (unpaired) electrons. The molecule has 32 heavy (non-hydrogen) atoms. The highest BCUT2D eigenvalue weighted by molar-refractivity contribution is 6.30. The van der Waals surface area contributed by atoms with Gasteiger partial charge in [0.1, 0.15) is 6.04 Å². The molecule has 1 aliphatic rings. The van der Waals surface area contributed by atoms with E-state index in [0.717, 1.165) is 25.2 Å². The lowest BCUT2D eigenvalue weighted by molar-refractivity contribution is -0.135. The normalized spacial score (nSPS) is 15.2. The fourth-order valence-electron chi connectivity index (χ4n) is 3.90. The van der Waals surface area contributed by atoms with Crippen molar-refractivity contribution in [3.63, 3.8) is 0 Å². The number of piperazine rings is 1. The molecule has 0 aliphatic carbocycles. The predicted octanol–water partition coefficient (Wildman–Crippen LogP) is 4.16. The third kappa shape index (κ3) is 5.55. The maximum atomic E-state index is 13.5. The van der Waals surface area contributed by atoms with Gasteiger partial charge in [0.05, 0.1) is 0 Å². The van der Waals surface area contributed by atoms with Crippen molar-refractivity contribution in [3.8, 4) is 0 Å². The second-order valence-corrected chi connectivity index (χ2v) is 8.35. The maximum Gasteiger partial charge on any atom is 0.252 e. The van der Waals surface area contributed by atoms with E-state index in [9.17, 15) is 9.59 Å². The van der Waals surface area contributed by atoms with Crippen LogP contribution in [0.15, 0.2) is 84.9 Å². The molecule has 1 atom stereocenters. The zero-order valence-electron chi connectivity index (χ0n) is 17.8. The van der Waals surface area contributed by atoms with Crippen LogP contribution in [-0.2, 0) is 11.3 Å². The summed E-state index contributed by atoms with van der Waals surface area (Å²) >= 11 is 5.94. The summed E-state index contributed by atoms with van der Waals surface area (Å²) in [6, 6.07) is 25.7. The van der Waals surface area contributed by atoms with Crippen LogP contribution in [-0.4, -0.2) is 47.8 Å². The molecule has 0 saturated carbocycles. The van der Waals surface area contributed by atoms with E-state index in [4.69, 9.17) is 11.6 Å². The molecule has 0 spiro atoms. The van der Waals surface area contributed by atoms with Gasteiger partial charge in [0.2, 0.25) is 5.91 Å². The Morgan fingerprint density at radius 3 is 2.03 bits per heavy atom. The van der Waals surface area contributed by atoms with Crippen LogP contribution >= 0.6 is 11.6 Å². The van der Waals surface area contributed by atoms with Gasteiger partial charge in [-0.15, -0.1) is 0 Å². The first kappa shape index (κ1) is 22.1. The summed E-state index contributed by atoms with van der Waals surface area (Å²) in [5.74, 6) is -0.385. The molecule has 0 bridgehead atoms. The van der Waals surface area contributed by atoms with Gasteiger partial charge in [-0.2, -0.15) is 0 Å². The molecular weight excluding hydrogens is 422 g/mol. The Balaban J connectivity index is 1.44. The van der Waals surface area contributed by atoms with Crippen molar-refractivity contribution in [3.05, 3.63) is 107 Å². The van der Waals surface area contributed by atoms with Crippen molar-refractivity contribution >= 4 is 23.4 Å². The van der Waals surface area contributed by atoms with Crippen LogP contribution < -0.4 is 5.32 Å². The molecule has 1 aliphatic heterocycles. The molecule has 1 fully saturated rings. The number of benzene rings is 3. The molecule has 6 heteroatoms. The van der Waals surface area contributed by atoms with Crippen LogP contribution in [0.4, 0.5) is 0 Å². The lowest BCUT2D eigenvalue weighted by Gasteiger charge is -2.36. The average molecular weight is 448 g/mol. The molecule has 2 amide bonds. The Morgan fingerprint density at radius 2 is 1.41 bits per heavy atom. The van der Waals surface area contributed by atoms with Crippen molar-refractivity contribution in [2.75, 3.05) is 26.2 Å².